The first-order valence-electron chi connectivity index (χ1n) is 16.5. The lowest BCUT2D eigenvalue weighted by Crippen LogP contribution is -2.25. The van der Waals surface area contributed by atoms with E-state index in [1.807, 2.05) is 136 Å². The number of alkyl halides is 1. The fourth-order valence-electron chi connectivity index (χ4n) is 4.44. The van der Waals surface area contributed by atoms with E-state index in [4.69, 9.17) is 23.4 Å². The average Bonchev–Trinajstić information content (AvgIpc) is 3.58. The third kappa shape index (κ3) is 18.1. The van der Waals surface area contributed by atoms with E-state index in [1.54, 1.807) is 24.3 Å². The molecule has 14 heteroatoms. The van der Waals surface area contributed by atoms with Crippen LogP contribution in [0, 0.1) is 5.41 Å². The minimum atomic E-state index is -0.968. The molecule has 0 atom stereocenters. The molecule has 0 unspecified atom stereocenters. The summed E-state index contributed by atoms with van der Waals surface area (Å²) in [5, 5.41) is 13.7. The molecule has 1 aromatic heterocycles. The largest absolute Gasteiger partial charge is 0.480 e. The van der Waals surface area contributed by atoms with Crippen molar-refractivity contribution in [3.05, 3.63) is 145 Å². The molecule has 0 saturated carbocycles. The molecule has 0 aliphatic carbocycles. The van der Waals surface area contributed by atoms with Gasteiger partial charge >= 0.3 is 5.97 Å². The lowest BCUT2D eigenvalue weighted by atomic mass is 10.0. The summed E-state index contributed by atoms with van der Waals surface area (Å²) in [7, 11) is 0. The Morgan fingerprint density at radius 3 is 1.26 bits per heavy atom. The molecular formula is C39H45IN8O5. The second-order valence-electron chi connectivity index (χ2n) is 10.5. The van der Waals surface area contributed by atoms with E-state index in [2.05, 4.69) is 22.2 Å². The molecule has 0 aliphatic heterocycles. The van der Waals surface area contributed by atoms with Crippen molar-refractivity contribution in [2.45, 2.75) is 19.4 Å². The Kier molecular flexibility index (Phi) is 20.9. The van der Waals surface area contributed by atoms with Crippen LogP contribution in [0.1, 0.15) is 34.9 Å². The number of aliphatic carboxylic acids is 1. The third-order valence-corrected chi connectivity index (χ3v) is 6.61. The SMILES string of the molecule is N=C(N)N.NC(N)=NC(=O)Cn1c(-c2ccccc2)ccc1-c1ccccc1.NCC(=O)O.O=C(CCC(=O)c1ccccc1)c1ccccc1.[2H]CI. The van der Waals surface area contributed by atoms with Gasteiger partial charge in [-0.1, -0.05) is 144 Å². The van der Waals surface area contributed by atoms with Gasteiger partial charge in [0.25, 0.3) is 5.91 Å². The Bertz CT molecular complexity index is 1790. The quantitative estimate of drug-likeness (QED) is 0.0323. The van der Waals surface area contributed by atoms with E-state index >= 15 is 0 Å². The number of rotatable bonds is 10. The van der Waals surface area contributed by atoms with Crippen LogP contribution in [0.15, 0.2) is 138 Å². The molecule has 13 nitrogen and oxygen atoms in total. The van der Waals surface area contributed by atoms with Crippen molar-refractivity contribution < 1.29 is 25.7 Å². The molecule has 1 amide bonds. The lowest BCUT2D eigenvalue weighted by molar-refractivity contribution is -0.135. The van der Waals surface area contributed by atoms with E-state index in [1.165, 1.54) is 0 Å². The Morgan fingerprint density at radius 2 is 0.981 bits per heavy atom. The van der Waals surface area contributed by atoms with E-state index in [9.17, 15) is 19.2 Å². The van der Waals surface area contributed by atoms with Gasteiger partial charge in [0.1, 0.15) is 6.54 Å². The van der Waals surface area contributed by atoms with Crippen LogP contribution < -0.4 is 28.7 Å². The molecule has 0 bridgehead atoms. The van der Waals surface area contributed by atoms with Crippen molar-refractivity contribution in [1.29, 1.82) is 5.41 Å². The molecule has 0 fully saturated rings. The van der Waals surface area contributed by atoms with Crippen molar-refractivity contribution in [2.24, 2.45) is 33.7 Å². The normalized spacial score (nSPS) is 9.58. The predicted octanol–water partition coefficient (Wildman–Crippen LogP) is 5.07. The van der Waals surface area contributed by atoms with Crippen LogP contribution >= 0.6 is 22.6 Å². The summed E-state index contributed by atoms with van der Waals surface area (Å²) >= 11 is 1.96. The van der Waals surface area contributed by atoms with Crippen LogP contribution in [0.2, 0.25) is 0 Å². The van der Waals surface area contributed by atoms with Crippen LogP contribution in [0.4, 0.5) is 0 Å². The fourth-order valence-corrected chi connectivity index (χ4v) is 4.44. The van der Waals surface area contributed by atoms with Crippen molar-refractivity contribution in [1.82, 2.24) is 4.57 Å². The topological polar surface area (TPSA) is 260 Å². The van der Waals surface area contributed by atoms with Crippen LogP contribution in [0.25, 0.3) is 22.5 Å². The Hall–Kier alpha value is -6.13. The number of benzene rings is 4. The number of nitrogens with one attached hydrogen (secondary N) is 1. The number of aromatic nitrogens is 1. The number of Topliss-reactive ketones (excluding diaryl/α,β-unsaturated/α-hetero) is 2. The molecule has 4 aromatic carbocycles. The van der Waals surface area contributed by atoms with Gasteiger partial charge in [0, 0.05) is 36.7 Å². The number of amides is 1. The Labute approximate surface area is 324 Å². The van der Waals surface area contributed by atoms with Crippen LogP contribution in [0.3, 0.4) is 0 Å². The number of carboxylic acid groups (broad SMARTS) is 1. The first kappa shape index (κ1) is 43.0. The van der Waals surface area contributed by atoms with Gasteiger partial charge in [-0.3, -0.25) is 24.6 Å². The number of halogens is 1. The van der Waals surface area contributed by atoms with Crippen LogP contribution in [0.5, 0.6) is 0 Å². The maximum Gasteiger partial charge on any atom is 0.317 e. The van der Waals surface area contributed by atoms with Crippen molar-refractivity contribution in [3.63, 3.8) is 0 Å². The highest BCUT2D eigenvalue weighted by Crippen LogP contribution is 2.29. The van der Waals surface area contributed by atoms with Gasteiger partial charge in [-0.25, -0.2) is 0 Å². The second-order valence-corrected chi connectivity index (χ2v) is 10.5. The number of carbonyl (C=O) groups excluding carboxylic acids is 3. The van der Waals surface area contributed by atoms with Gasteiger partial charge in [-0.05, 0) is 28.2 Å². The number of nitrogens with two attached hydrogens (primary N) is 5. The average molecular weight is 834 g/mol. The van der Waals surface area contributed by atoms with Gasteiger partial charge in [-0.15, -0.1) is 0 Å². The summed E-state index contributed by atoms with van der Waals surface area (Å²) in [6.45, 7) is -0.209. The first-order chi connectivity index (χ1) is 25.8. The van der Waals surface area contributed by atoms with Crippen molar-refractivity contribution >= 4 is 58.0 Å². The summed E-state index contributed by atoms with van der Waals surface area (Å²) in [5.41, 5.74) is 29.4. The zero-order chi connectivity index (χ0) is 40.3. The zero-order valence-corrected chi connectivity index (χ0v) is 31.1. The zero-order valence-electron chi connectivity index (χ0n) is 30.0. The molecule has 0 saturated heterocycles. The fraction of sp³-hybridized carbons (Fsp3) is 0.128. The number of hydrogen-bond donors (Lipinski definition) is 7. The predicted molar refractivity (Wildman–Crippen MR) is 220 cm³/mol. The smallest absolute Gasteiger partial charge is 0.317 e. The standard InChI is InChI=1S/C19H18N4O.C16H14O2.C2H5NO2.CH3I.CH5N3/c20-19(21)22-18(24)13-23-16(14-7-3-1-4-8-14)11-12-17(23)15-9-5-2-6-10-15;17-15(13-7-3-1-4-8-13)11-12-16(18)14-9-5-2-6-10-14;3-1-2(4)5;1-2;2-1(3)4/h1-12H,13H2,(H4,20,21,22,24);1-10H,11-12H2;1,3H2,(H,4,5);1H3;(H5,2,3,4)/i;;;1D;. The maximum atomic E-state index is 12.1. The molecular weight excluding hydrogens is 787 g/mol. The molecule has 53 heavy (non-hydrogen) atoms. The highest BCUT2D eigenvalue weighted by molar-refractivity contribution is 14.1. The third-order valence-electron chi connectivity index (χ3n) is 6.61. The van der Waals surface area contributed by atoms with Gasteiger partial charge in [-0.2, -0.15) is 4.99 Å². The molecule has 0 radical (unpaired) electrons. The van der Waals surface area contributed by atoms with Gasteiger partial charge in [0.15, 0.2) is 23.5 Å². The Morgan fingerprint density at radius 1 is 0.679 bits per heavy atom. The monoisotopic (exact) mass is 833 g/mol. The van der Waals surface area contributed by atoms with E-state index in [-0.39, 0.29) is 55.3 Å². The van der Waals surface area contributed by atoms with Gasteiger partial charge < -0.3 is 38.3 Å². The summed E-state index contributed by atoms with van der Waals surface area (Å²) in [6.07, 6.45) is 0.523. The number of ketones is 2. The molecule has 5 aromatic rings. The number of nitrogens with zero attached hydrogens (tertiary/aromatic N) is 2. The molecule has 5 rings (SSSR count). The van der Waals surface area contributed by atoms with Crippen molar-refractivity contribution in [3.8, 4) is 22.5 Å². The van der Waals surface area contributed by atoms with Gasteiger partial charge in [0.05, 0.1) is 6.54 Å². The van der Waals surface area contributed by atoms with Crippen molar-refractivity contribution in [2.75, 3.05) is 11.5 Å². The van der Waals surface area contributed by atoms with E-state index in [0.717, 1.165) is 22.5 Å². The van der Waals surface area contributed by atoms with E-state index < -0.39 is 5.97 Å². The molecule has 1 heterocycles. The number of carboxylic acids is 1. The molecule has 12 N–H and O–H groups in total. The summed E-state index contributed by atoms with van der Waals surface area (Å²) in [5.74, 6) is -1.89. The molecule has 278 valence electrons. The minimum Gasteiger partial charge on any atom is -0.480 e. The van der Waals surface area contributed by atoms with Crippen LogP contribution in [-0.4, -0.2) is 56.5 Å². The number of hydrogen-bond acceptors (Lipinski definition) is 6. The number of guanidine groups is 2. The minimum absolute atomic E-state index is 0.0138. The second kappa shape index (κ2) is 25.8. The Balaban J connectivity index is 0.000000425. The first-order valence-corrected chi connectivity index (χ1v) is 17.3. The summed E-state index contributed by atoms with van der Waals surface area (Å²) < 4.78 is 8.12. The summed E-state index contributed by atoms with van der Waals surface area (Å²) in [4.78, 5) is 49.1. The lowest BCUT2D eigenvalue weighted by Gasteiger charge is -2.12. The summed E-state index contributed by atoms with van der Waals surface area (Å²) in [6, 6.07) is 41.9. The molecule has 0 spiro atoms. The highest BCUT2D eigenvalue weighted by Gasteiger charge is 2.14. The highest BCUT2D eigenvalue weighted by atomic mass is 127. The van der Waals surface area contributed by atoms with Gasteiger partial charge in [0.2, 0.25) is 0 Å². The maximum absolute atomic E-state index is 12.1. The number of carbonyl (C=O) groups is 4. The van der Waals surface area contributed by atoms with Crippen LogP contribution in [-0.2, 0) is 16.1 Å². The van der Waals surface area contributed by atoms with E-state index in [0.29, 0.717) is 16.0 Å². The molecule has 0 aliphatic rings. The number of aliphatic imine (C=N–C) groups is 1.